The van der Waals surface area contributed by atoms with Gasteiger partial charge >= 0.3 is 0 Å². The van der Waals surface area contributed by atoms with Crippen molar-refractivity contribution >= 4 is 0 Å². The van der Waals surface area contributed by atoms with Gasteiger partial charge in [0.25, 0.3) is 0 Å². The van der Waals surface area contributed by atoms with E-state index in [0.717, 1.165) is 18.8 Å². The fourth-order valence-electron chi connectivity index (χ4n) is 1.71. The molecule has 1 aromatic carbocycles. The van der Waals surface area contributed by atoms with E-state index in [1.807, 2.05) is 12.1 Å². The lowest BCUT2D eigenvalue weighted by Crippen LogP contribution is -2.19. The molecule has 0 saturated carbocycles. The molecule has 0 saturated heterocycles. The first kappa shape index (κ1) is 10.9. The molecule has 84 valence electrons. The predicted molar refractivity (Wildman–Crippen MR) is 65.2 cm³/mol. The summed E-state index contributed by atoms with van der Waals surface area (Å²) in [5, 5.41) is 10.3. The number of benzene rings is 1. The summed E-state index contributed by atoms with van der Waals surface area (Å²) >= 11 is 0. The molecule has 1 aromatic heterocycles. The van der Waals surface area contributed by atoms with Crippen molar-refractivity contribution in [3.63, 3.8) is 0 Å². The van der Waals surface area contributed by atoms with Gasteiger partial charge in [0.15, 0.2) is 0 Å². The fourth-order valence-corrected chi connectivity index (χ4v) is 1.71. The highest BCUT2D eigenvalue weighted by Gasteiger charge is 2.03. The molecule has 0 aliphatic heterocycles. The van der Waals surface area contributed by atoms with Gasteiger partial charge in [-0.2, -0.15) is 5.10 Å². The van der Waals surface area contributed by atoms with Crippen LogP contribution in [0, 0.1) is 0 Å². The fraction of sp³-hybridized carbons (Fsp3) is 0.308. The van der Waals surface area contributed by atoms with E-state index in [2.05, 4.69) is 46.7 Å². The van der Waals surface area contributed by atoms with Crippen molar-refractivity contribution in [1.29, 1.82) is 0 Å². The lowest BCUT2D eigenvalue weighted by molar-refractivity contribution is 0.607. The number of nitrogens with zero attached hydrogens (tertiary/aromatic N) is 1. The third kappa shape index (κ3) is 2.94. The van der Waals surface area contributed by atoms with E-state index in [0.29, 0.717) is 5.92 Å². The van der Waals surface area contributed by atoms with Crippen LogP contribution in [0.2, 0.25) is 0 Å². The molecule has 0 aliphatic rings. The largest absolute Gasteiger partial charge is 0.311 e. The van der Waals surface area contributed by atoms with Gasteiger partial charge in [0.1, 0.15) is 0 Å². The van der Waals surface area contributed by atoms with Gasteiger partial charge < -0.3 is 5.32 Å². The molecule has 0 spiro atoms. The van der Waals surface area contributed by atoms with E-state index in [-0.39, 0.29) is 0 Å². The maximum Gasteiger partial charge on any atom is 0.0490 e. The molecule has 0 aliphatic carbocycles. The Hall–Kier alpha value is -1.61. The first-order chi connectivity index (χ1) is 7.86. The van der Waals surface area contributed by atoms with Crippen LogP contribution in [0.3, 0.4) is 0 Å². The maximum atomic E-state index is 3.91. The van der Waals surface area contributed by atoms with Crippen molar-refractivity contribution < 1.29 is 0 Å². The molecule has 1 atom stereocenters. The molecular formula is C13H17N3. The first-order valence-corrected chi connectivity index (χ1v) is 5.60. The van der Waals surface area contributed by atoms with Crippen molar-refractivity contribution in [2.75, 3.05) is 6.54 Å². The van der Waals surface area contributed by atoms with Crippen molar-refractivity contribution in [3.05, 3.63) is 53.9 Å². The average Bonchev–Trinajstić information content (AvgIpc) is 2.83. The van der Waals surface area contributed by atoms with E-state index in [1.165, 1.54) is 5.56 Å². The maximum absolute atomic E-state index is 3.91. The van der Waals surface area contributed by atoms with Crippen LogP contribution in [-0.2, 0) is 6.54 Å². The minimum absolute atomic E-state index is 0.532. The summed E-state index contributed by atoms with van der Waals surface area (Å²) in [4.78, 5) is 0. The first-order valence-electron chi connectivity index (χ1n) is 5.60. The number of aromatic nitrogens is 2. The highest BCUT2D eigenvalue weighted by atomic mass is 15.1. The third-order valence-electron chi connectivity index (χ3n) is 2.69. The smallest absolute Gasteiger partial charge is 0.0490 e. The second-order valence-electron chi connectivity index (χ2n) is 4.02. The van der Waals surface area contributed by atoms with Crippen molar-refractivity contribution in [1.82, 2.24) is 15.5 Å². The average molecular weight is 215 g/mol. The van der Waals surface area contributed by atoms with Crippen molar-refractivity contribution in [2.45, 2.75) is 19.4 Å². The second-order valence-corrected chi connectivity index (χ2v) is 4.02. The molecule has 2 rings (SSSR count). The van der Waals surface area contributed by atoms with Gasteiger partial charge in [-0.15, -0.1) is 0 Å². The van der Waals surface area contributed by atoms with Crippen LogP contribution in [-0.4, -0.2) is 16.7 Å². The van der Waals surface area contributed by atoms with Crippen LogP contribution in [0.4, 0.5) is 0 Å². The van der Waals surface area contributed by atoms with Gasteiger partial charge in [0.2, 0.25) is 0 Å². The van der Waals surface area contributed by atoms with E-state index < -0.39 is 0 Å². The molecule has 3 heteroatoms. The summed E-state index contributed by atoms with van der Waals surface area (Å²) in [7, 11) is 0. The van der Waals surface area contributed by atoms with Gasteiger partial charge in [-0.1, -0.05) is 37.3 Å². The third-order valence-corrected chi connectivity index (χ3v) is 2.69. The lowest BCUT2D eigenvalue weighted by atomic mass is 10.0. The normalized spacial score (nSPS) is 12.6. The van der Waals surface area contributed by atoms with Crippen molar-refractivity contribution in [2.24, 2.45) is 0 Å². The van der Waals surface area contributed by atoms with Gasteiger partial charge in [0, 0.05) is 25.0 Å². The summed E-state index contributed by atoms with van der Waals surface area (Å²) in [5.41, 5.74) is 2.50. The quantitative estimate of drug-likeness (QED) is 0.803. The van der Waals surface area contributed by atoms with Gasteiger partial charge in [-0.25, -0.2) is 0 Å². The number of nitrogens with one attached hydrogen (secondary N) is 2. The Bertz CT molecular complexity index is 394. The van der Waals surface area contributed by atoms with Crippen LogP contribution in [0.15, 0.2) is 42.6 Å². The van der Waals surface area contributed by atoms with E-state index in [9.17, 15) is 0 Å². The van der Waals surface area contributed by atoms with Crippen LogP contribution >= 0.6 is 0 Å². The minimum Gasteiger partial charge on any atom is -0.311 e. The Morgan fingerprint density at radius 3 is 2.75 bits per heavy atom. The zero-order chi connectivity index (χ0) is 11.2. The Morgan fingerprint density at radius 1 is 1.25 bits per heavy atom. The lowest BCUT2D eigenvalue weighted by Gasteiger charge is -2.12. The zero-order valence-corrected chi connectivity index (χ0v) is 9.48. The molecule has 0 unspecified atom stereocenters. The predicted octanol–water partition coefficient (Wildman–Crippen LogP) is 2.30. The van der Waals surface area contributed by atoms with E-state index in [1.54, 1.807) is 6.20 Å². The zero-order valence-electron chi connectivity index (χ0n) is 9.48. The van der Waals surface area contributed by atoms with Crippen LogP contribution < -0.4 is 5.32 Å². The van der Waals surface area contributed by atoms with E-state index in [4.69, 9.17) is 0 Å². The number of hydrogen-bond donors (Lipinski definition) is 2. The number of H-pyrrole nitrogens is 1. The van der Waals surface area contributed by atoms with Gasteiger partial charge in [-0.3, -0.25) is 5.10 Å². The van der Waals surface area contributed by atoms with Crippen LogP contribution in [0.1, 0.15) is 24.1 Å². The number of hydrogen-bond acceptors (Lipinski definition) is 2. The summed E-state index contributed by atoms with van der Waals surface area (Å²) in [6.45, 7) is 4.05. The van der Waals surface area contributed by atoms with E-state index >= 15 is 0 Å². The van der Waals surface area contributed by atoms with Crippen LogP contribution in [0.25, 0.3) is 0 Å². The minimum atomic E-state index is 0.532. The van der Waals surface area contributed by atoms with Crippen molar-refractivity contribution in [3.8, 4) is 0 Å². The number of rotatable bonds is 5. The number of aromatic amines is 1. The summed E-state index contributed by atoms with van der Waals surface area (Å²) < 4.78 is 0. The SMILES string of the molecule is C[C@@H](CNCc1ccn[nH]1)c1ccccc1. The molecule has 0 fully saturated rings. The monoisotopic (exact) mass is 215 g/mol. The summed E-state index contributed by atoms with van der Waals surface area (Å²) in [6.07, 6.45) is 1.78. The molecule has 0 bridgehead atoms. The molecule has 2 aromatic rings. The van der Waals surface area contributed by atoms with Crippen LogP contribution in [0.5, 0.6) is 0 Å². The highest BCUT2D eigenvalue weighted by molar-refractivity contribution is 5.19. The second kappa shape index (κ2) is 5.47. The summed E-state index contributed by atoms with van der Waals surface area (Å²) in [5.74, 6) is 0.532. The molecule has 1 heterocycles. The molecule has 16 heavy (non-hydrogen) atoms. The standard InChI is InChI=1S/C13H17N3/c1-11(12-5-3-2-4-6-12)9-14-10-13-7-8-15-16-13/h2-8,11,14H,9-10H2,1H3,(H,15,16)/t11-/m0/s1. The molecule has 2 N–H and O–H groups in total. The molecule has 0 radical (unpaired) electrons. The Kier molecular flexibility index (Phi) is 3.72. The Labute approximate surface area is 95.9 Å². The van der Waals surface area contributed by atoms with Gasteiger partial charge in [0.05, 0.1) is 0 Å². The topological polar surface area (TPSA) is 40.7 Å². The van der Waals surface area contributed by atoms with Gasteiger partial charge in [-0.05, 0) is 17.5 Å². The summed E-state index contributed by atoms with van der Waals surface area (Å²) in [6, 6.07) is 12.5. The Morgan fingerprint density at radius 2 is 2.06 bits per heavy atom. The Balaban J connectivity index is 1.78. The molecular weight excluding hydrogens is 198 g/mol. The highest BCUT2D eigenvalue weighted by Crippen LogP contribution is 2.12. The molecule has 3 nitrogen and oxygen atoms in total. The molecule has 0 amide bonds.